The van der Waals surface area contributed by atoms with Gasteiger partial charge < -0.3 is 9.84 Å². The van der Waals surface area contributed by atoms with Gasteiger partial charge in [-0.25, -0.2) is 0 Å². The van der Waals surface area contributed by atoms with Crippen molar-refractivity contribution in [1.29, 1.82) is 0 Å². The van der Waals surface area contributed by atoms with E-state index in [1.165, 1.54) is 11.1 Å². The zero-order valence-corrected chi connectivity index (χ0v) is 12.2. The molecule has 2 atom stereocenters. The number of ether oxygens (including phenoxy) is 1. The van der Waals surface area contributed by atoms with Gasteiger partial charge in [-0.2, -0.15) is 0 Å². The van der Waals surface area contributed by atoms with Crippen LogP contribution in [0.4, 0.5) is 0 Å². The van der Waals surface area contributed by atoms with Gasteiger partial charge in [0.1, 0.15) is 6.10 Å². The second-order valence-electron chi connectivity index (χ2n) is 5.75. The molecule has 1 fully saturated rings. The minimum absolute atomic E-state index is 0.0428. The normalized spacial score (nSPS) is 20.1. The van der Waals surface area contributed by atoms with E-state index in [-0.39, 0.29) is 6.10 Å². The van der Waals surface area contributed by atoms with Crippen LogP contribution in [0, 0.1) is 0 Å². The van der Waals surface area contributed by atoms with Crippen molar-refractivity contribution in [1.82, 2.24) is 0 Å². The Kier molecular flexibility index (Phi) is 4.69. The quantitative estimate of drug-likeness (QED) is 0.922. The highest BCUT2D eigenvalue weighted by atomic mass is 16.5. The van der Waals surface area contributed by atoms with E-state index >= 15 is 0 Å². The molecule has 0 amide bonds. The molecule has 21 heavy (non-hydrogen) atoms. The maximum absolute atomic E-state index is 10.4. The number of hydrogen-bond donors (Lipinski definition) is 1. The van der Waals surface area contributed by atoms with Crippen LogP contribution in [0.25, 0.3) is 0 Å². The van der Waals surface area contributed by atoms with Gasteiger partial charge in [-0.15, -0.1) is 0 Å². The Morgan fingerprint density at radius 1 is 0.952 bits per heavy atom. The topological polar surface area (TPSA) is 29.5 Å². The lowest BCUT2D eigenvalue weighted by Gasteiger charge is -2.27. The maximum Gasteiger partial charge on any atom is 0.105 e. The summed E-state index contributed by atoms with van der Waals surface area (Å²) in [6, 6.07) is 18.7. The second-order valence-corrected chi connectivity index (χ2v) is 5.75. The van der Waals surface area contributed by atoms with E-state index in [9.17, 15) is 5.11 Å². The van der Waals surface area contributed by atoms with E-state index in [1.807, 2.05) is 18.2 Å². The van der Waals surface area contributed by atoms with Crippen molar-refractivity contribution < 1.29 is 9.84 Å². The molecule has 110 valence electrons. The second kappa shape index (κ2) is 6.88. The predicted molar refractivity (Wildman–Crippen MR) is 84.2 cm³/mol. The van der Waals surface area contributed by atoms with Crippen LogP contribution < -0.4 is 0 Å². The molecule has 1 aliphatic heterocycles. The highest BCUT2D eigenvalue weighted by Gasteiger charge is 2.23. The molecule has 3 rings (SSSR count). The van der Waals surface area contributed by atoms with E-state index in [1.54, 1.807) is 0 Å². The summed E-state index contributed by atoms with van der Waals surface area (Å²) in [7, 11) is 0. The lowest BCUT2D eigenvalue weighted by atomic mass is 9.96. The predicted octanol–water partition coefficient (Wildman–Crippen LogP) is 3.88. The van der Waals surface area contributed by atoms with Gasteiger partial charge in [0, 0.05) is 6.61 Å². The third-order valence-corrected chi connectivity index (χ3v) is 4.14. The van der Waals surface area contributed by atoms with E-state index in [0.717, 1.165) is 37.9 Å². The summed E-state index contributed by atoms with van der Waals surface area (Å²) in [6.07, 6.45) is 3.59. The van der Waals surface area contributed by atoms with Crippen LogP contribution >= 0.6 is 0 Å². The number of aliphatic hydroxyl groups is 1. The van der Waals surface area contributed by atoms with Crippen LogP contribution in [0.15, 0.2) is 54.6 Å². The fourth-order valence-corrected chi connectivity index (χ4v) is 2.89. The van der Waals surface area contributed by atoms with E-state index in [2.05, 4.69) is 36.4 Å². The Bertz CT molecular complexity index is 542. The Balaban J connectivity index is 1.66. The molecule has 1 heterocycles. The van der Waals surface area contributed by atoms with Crippen molar-refractivity contribution in [3.63, 3.8) is 0 Å². The third-order valence-electron chi connectivity index (χ3n) is 4.14. The minimum Gasteiger partial charge on any atom is -0.386 e. The number of benzene rings is 2. The van der Waals surface area contributed by atoms with E-state index < -0.39 is 6.10 Å². The molecule has 2 aromatic rings. The summed E-state index contributed by atoms with van der Waals surface area (Å²) in [5.74, 6) is 0. The molecular formula is C19H22O2. The van der Waals surface area contributed by atoms with Crippen LogP contribution in [0.2, 0.25) is 0 Å². The van der Waals surface area contributed by atoms with Crippen LogP contribution in [-0.4, -0.2) is 17.8 Å². The first kappa shape index (κ1) is 14.3. The minimum atomic E-state index is -0.504. The molecule has 0 bridgehead atoms. The molecular weight excluding hydrogens is 260 g/mol. The van der Waals surface area contributed by atoms with E-state index in [0.29, 0.717) is 0 Å². The molecule has 0 radical (unpaired) electrons. The Morgan fingerprint density at radius 3 is 2.33 bits per heavy atom. The first-order chi connectivity index (χ1) is 10.3. The highest BCUT2D eigenvalue weighted by Crippen LogP contribution is 2.26. The SMILES string of the molecule is OC(c1ccc(Cc2ccccc2)cc1)C1CCCCO1. The number of rotatable bonds is 4. The smallest absolute Gasteiger partial charge is 0.105 e. The summed E-state index contributed by atoms with van der Waals surface area (Å²) in [5.41, 5.74) is 3.53. The van der Waals surface area contributed by atoms with Gasteiger partial charge in [-0.1, -0.05) is 54.6 Å². The lowest BCUT2D eigenvalue weighted by Crippen LogP contribution is -2.26. The lowest BCUT2D eigenvalue weighted by molar-refractivity contribution is -0.0633. The summed E-state index contributed by atoms with van der Waals surface area (Å²) in [4.78, 5) is 0. The molecule has 0 aliphatic carbocycles. The van der Waals surface area contributed by atoms with Gasteiger partial charge in [0.2, 0.25) is 0 Å². The summed E-state index contributed by atoms with van der Waals surface area (Å²) < 4.78 is 5.67. The molecule has 1 aliphatic rings. The monoisotopic (exact) mass is 282 g/mol. The Labute approximate surface area is 126 Å². The van der Waals surface area contributed by atoms with Crippen LogP contribution in [-0.2, 0) is 11.2 Å². The molecule has 0 aromatic heterocycles. The van der Waals surface area contributed by atoms with Crippen LogP contribution in [0.3, 0.4) is 0 Å². The average molecular weight is 282 g/mol. The fraction of sp³-hybridized carbons (Fsp3) is 0.368. The zero-order valence-electron chi connectivity index (χ0n) is 12.2. The van der Waals surface area contributed by atoms with Crippen molar-refractivity contribution in [2.24, 2.45) is 0 Å². The third kappa shape index (κ3) is 3.72. The average Bonchev–Trinajstić information content (AvgIpc) is 2.57. The number of aliphatic hydroxyl groups excluding tert-OH is 1. The van der Waals surface area contributed by atoms with Gasteiger partial charge in [0.15, 0.2) is 0 Å². The van der Waals surface area contributed by atoms with Crippen molar-refractivity contribution in [2.75, 3.05) is 6.61 Å². The van der Waals surface area contributed by atoms with Gasteiger partial charge >= 0.3 is 0 Å². The zero-order chi connectivity index (χ0) is 14.5. The van der Waals surface area contributed by atoms with E-state index in [4.69, 9.17) is 4.74 Å². The summed E-state index contributed by atoms with van der Waals surface area (Å²) >= 11 is 0. The molecule has 2 aromatic carbocycles. The largest absolute Gasteiger partial charge is 0.386 e. The molecule has 1 N–H and O–H groups in total. The van der Waals surface area contributed by atoms with Gasteiger partial charge in [0.25, 0.3) is 0 Å². The van der Waals surface area contributed by atoms with Gasteiger partial charge in [0.05, 0.1) is 6.10 Å². The number of hydrogen-bond acceptors (Lipinski definition) is 2. The van der Waals surface area contributed by atoms with Crippen molar-refractivity contribution in [3.05, 3.63) is 71.3 Å². The van der Waals surface area contributed by atoms with Crippen LogP contribution in [0.1, 0.15) is 42.1 Å². The van der Waals surface area contributed by atoms with Crippen molar-refractivity contribution >= 4 is 0 Å². The van der Waals surface area contributed by atoms with Crippen molar-refractivity contribution in [2.45, 2.75) is 37.9 Å². The molecule has 2 nitrogen and oxygen atoms in total. The first-order valence-electron chi connectivity index (χ1n) is 7.75. The molecule has 2 heteroatoms. The van der Waals surface area contributed by atoms with Crippen LogP contribution in [0.5, 0.6) is 0 Å². The fourth-order valence-electron chi connectivity index (χ4n) is 2.89. The Hall–Kier alpha value is -1.64. The van der Waals surface area contributed by atoms with Crippen molar-refractivity contribution in [3.8, 4) is 0 Å². The highest BCUT2D eigenvalue weighted by molar-refractivity contribution is 5.29. The Morgan fingerprint density at radius 2 is 1.67 bits per heavy atom. The summed E-state index contributed by atoms with van der Waals surface area (Å²) in [5, 5.41) is 10.4. The first-order valence-corrected chi connectivity index (χ1v) is 7.75. The molecule has 1 saturated heterocycles. The molecule has 0 saturated carbocycles. The van der Waals surface area contributed by atoms with Gasteiger partial charge in [-0.05, 0) is 42.4 Å². The molecule has 0 spiro atoms. The van der Waals surface area contributed by atoms with Gasteiger partial charge in [-0.3, -0.25) is 0 Å². The maximum atomic E-state index is 10.4. The standard InChI is InChI=1S/C19H22O2/c20-19(18-8-4-5-13-21-18)17-11-9-16(10-12-17)14-15-6-2-1-3-7-15/h1-3,6-7,9-12,18-20H,4-5,8,13-14H2. The molecule has 2 unspecified atom stereocenters. The summed E-state index contributed by atoms with van der Waals surface area (Å²) in [6.45, 7) is 0.772.